The molecular formula is C35H48O12. The molecule has 2 heterocycles. The molecule has 2 aliphatic heterocycles. The molecule has 0 unspecified atom stereocenters. The van der Waals surface area contributed by atoms with Gasteiger partial charge in [-0.05, 0) is 49.2 Å². The van der Waals surface area contributed by atoms with Crippen molar-refractivity contribution in [3.05, 3.63) is 60.2 Å². The summed E-state index contributed by atoms with van der Waals surface area (Å²) < 4.78 is 22.7. The van der Waals surface area contributed by atoms with Gasteiger partial charge in [-0.3, -0.25) is 4.79 Å². The van der Waals surface area contributed by atoms with E-state index in [0.717, 1.165) is 31.4 Å². The molecule has 12 nitrogen and oxygen atoms in total. The zero-order valence-electron chi connectivity index (χ0n) is 27.9. The first kappa shape index (κ1) is 37.9. The summed E-state index contributed by atoms with van der Waals surface area (Å²) in [4.78, 5) is 50.5. The van der Waals surface area contributed by atoms with E-state index in [1.807, 2.05) is 51.1 Å². The summed E-state index contributed by atoms with van der Waals surface area (Å²) in [6.45, 7) is 14.4. The van der Waals surface area contributed by atoms with Gasteiger partial charge in [0, 0.05) is 25.3 Å². The number of rotatable bonds is 16. The minimum Gasteiger partial charge on any atom is -0.479 e. The van der Waals surface area contributed by atoms with Gasteiger partial charge in [-0.15, -0.1) is 0 Å². The number of allylic oxidation sites excluding steroid dienone is 1. The van der Waals surface area contributed by atoms with Crippen molar-refractivity contribution < 1.29 is 58.6 Å². The van der Waals surface area contributed by atoms with Gasteiger partial charge in [0.05, 0.1) is 0 Å². The Kier molecular flexibility index (Phi) is 12.2. The molecule has 1 aromatic rings. The van der Waals surface area contributed by atoms with E-state index >= 15 is 0 Å². The molecule has 1 aromatic carbocycles. The van der Waals surface area contributed by atoms with Crippen molar-refractivity contribution in [1.82, 2.24) is 0 Å². The first-order valence-corrected chi connectivity index (χ1v) is 16.0. The van der Waals surface area contributed by atoms with Crippen molar-refractivity contribution in [1.29, 1.82) is 0 Å². The third-order valence-electron chi connectivity index (χ3n) is 9.33. The highest BCUT2D eigenvalue weighted by Gasteiger charge is 2.83. The molecule has 47 heavy (non-hydrogen) atoms. The summed E-state index contributed by atoms with van der Waals surface area (Å²) in [7, 11) is 0. The fraction of sp³-hybridized carbons (Fsp3) is 0.600. The van der Waals surface area contributed by atoms with Gasteiger partial charge in [0.25, 0.3) is 0 Å². The molecule has 3 rings (SSSR count). The Bertz CT molecular complexity index is 1340. The maximum Gasteiger partial charge on any atom is 0.344 e. The first-order valence-electron chi connectivity index (χ1n) is 16.0. The maximum absolute atomic E-state index is 13.0. The van der Waals surface area contributed by atoms with Gasteiger partial charge in [-0.25, -0.2) is 14.4 Å². The molecule has 2 aliphatic rings. The number of aliphatic hydroxyl groups is 2. The lowest BCUT2D eigenvalue weighted by molar-refractivity contribution is -0.376. The molecule has 10 atom stereocenters. The van der Waals surface area contributed by atoms with E-state index < -0.39 is 65.3 Å². The molecular weight excluding hydrogens is 612 g/mol. The van der Waals surface area contributed by atoms with Crippen LogP contribution >= 0.6 is 0 Å². The highest BCUT2D eigenvalue weighted by molar-refractivity contribution is 5.94. The summed E-state index contributed by atoms with van der Waals surface area (Å²) in [5, 5.41) is 43.6. The largest absolute Gasteiger partial charge is 0.479 e. The minimum atomic E-state index is -3.28. The number of hydrogen-bond acceptors (Lipinski definition) is 10. The predicted octanol–water partition coefficient (Wildman–Crippen LogP) is 3.82. The highest BCUT2D eigenvalue weighted by atomic mass is 16.8. The Morgan fingerprint density at radius 1 is 1.09 bits per heavy atom. The third kappa shape index (κ3) is 7.61. The molecule has 260 valence electrons. The van der Waals surface area contributed by atoms with E-state index in [2.05, 4.69) is 13.5 Å². The van der Waals surface area contributed by atoms with Gasteiger partial charge in [0.1, 0.15) is 18.3 Å². The highest BCUT2D eigenvalue weighted by Crippen LogP contribution is 2.55. The number of esters is 2. The van der Waals surface area contributed by atoms with Gasteiger partial charge < -0.3 is 39.4 Å². The number of fused-ring (bicyclic) bond motifs is 2. The Balaban J connectivity index is 1.94. The van der Waals surface area contributed by atoms with Crippen molar-refractivity contribution in [2.45, 2.75) is 115 Å². The fourth-order valence-electron chi connectivity index (χ4n) is 6.62. The van der Waals surface area contributed by atoms with Crippen LogP contribution in [0, 0.1) is 17.8 Å². The topological polar surface area (TPSA) is 186 Å². The van der Waals surface area contributed by atoms with Crippen LogP contribution in [0.3, 0.4) is 0 Å². The van der Waals surface area contributed by atoms with Gasteiger partial charge in [0.2, 0.25) is 17.0 Å². The van der Waals surface area contributed by atoms with Crippen molar-refractivity contribution in [2.75, 3.05) is 0 Å². The third-order valence-corrected chi connectivity index (χ3v) is 9.33. The second-order valence-corrected chi connectivity index (χ2v) is 13.0. The number of ether oxygens (including phenoxy) is 4. The lowest BCUT2D eigenvalue weighted by Crippen LogP contribution is -2.76. The van der Waals surface area contributed by atoms with E-state index in [-0.39, 0.29) is 24.7 Å². The molecule has 0 saturated carbocycles. The quantitative estimate of drug-likeness (QED) is 0.114. The molecule has 0 radical (unpaired) electrons. The van der Waals surface area contributed by atoms with Crippen molar-refractivity contribution in [3.63, 3.8) is 0 Å². The van der Waals surface area contributed by atoms with Crippen molar-refractivity contribution in [3.8, 4) is 0 Å². The van der Waals surface area contributed by atoms with Crippen LogP contribution in [0.15, 0.2) is 54.6 Å². The smallest absolute Gasteiger partial charge is 0.344 e. The number of carboxylic acids is 2. The minimum absolute atomic E-state index is 0.0407. The normalized spacial score (nSPS) is 31.0. The van der Waals surface area contributed by atoms with Crippen LogP contribution in [0.1, 0.15) is 72.8 Å². The Morgan fingerprint density at radius 3 is 2.28 bits per heavy atom. The predicted molar refractivity (Wildman–Crippen MR) is 169 cm³/mol. The number of benzene rings is 1. The Hall–Kier alpha value is -3.58. The van der Waals surface area contributed by atoms with E-state index in [1.54, 1.807) is 6.08 Å². The number of hydrogen-bond donors (Lipinski definition) is 4. The van der Waals surface area contributed by atoms with Crippen molar-refractivity contribution in [2.24, 2.45) is 17.8 Å². The lowest BCUT2D eigenvalue weighted by Gasteiger charge is -2.49. The van der Waals surface area contributed by atoms with E-state index in [1.165, 1.54) is 6.92 Å². The zero-order valence-corrected chi connectivity index (χ0v) is 27.9. The molecule has 0 amide bonds. The number of aliphatic hydroxyl groups excluding tert-OH is 1. The molecule has 2 bridgehead atoms. The average Bonchev–Trinajstić information content (AvgIpc) is 3.22. The average molecular weight is 661 g/mol. The summed E-state index contributed by atoms with van der Waals surface area (Å²) in [5.74, 6) is -7.75. The SMILES string of the molecule is C=C(CC[C@]12O[C@H](C)[C@@](O)(C(=O)O)[C@](C(=O)O)(O1)[C@H](OC(=O)/C=C/[C@@H](C)C[C@@H](C)CC)[C@H]2O)[C@@H](OC(C)=O)[C@H](C)Cc1ccccc1. The Labute approximate surface area is 275 Å². The molecule has 12 heteroatoms. The zero-order chi connectivity index (χ0) is 35.3. The maximum atomic E-state index is 13.0. The summed E-state index contributed by atoms with van der Waals surface area (Å²) in [6, 6.07) is 9.52. The molecule has 0 aromatic heterocycles. The van der Waals surface area contributed by atoms with Gasteiger partial charge in [-0.1, -0.05) is 77.1 Å². The number of aliphatic carboxylic acids is 2. The van der Waals surface area contributed by atoms with Crippen LogP contribution in [-0.2, 0) is 44.5 Å². The number of carboxylic acid groups (broad SMARTS) is 2. The molecule has 2 saturated heterocycles. The van der Waals surface area contributed by atoms with E-state index in [9.17, 15) is 39.6 Å². The second-order valence-electron chi connectivity index (χ2n) is 13.0. The molecule has 0 aliphatic carbocycles. The van der Waals surface area contributed by atoms with E-state index in [4.69, 9.17) is 18.9 Å². The summed E-state index contributed by atoms with van der Waals surface area (Å²) >= 11 is 0. The monoisotopic (exact) mass is 660 g/mol. The van der Waals surface area contributed by atoms with Gasteiger partial charge in [0.15, 0.2) is 6.10 Å². The first-order chi connectivity index (χ1) is 21.9. The molecule has 4 N–H and O–H groups in total. The van der Waals surface area contributed by atoms with E-state index in [0.29, 0.717) is 17.9 Å². The summed E-state index contributed by atoms with van der Waals surface area (Å²) in [5.41, 5.74) is -5.04. The van der Waals surface area contributed by atoms with Gasteiger partial charge in [-0.2, -0.15) is 0 Å². The van der Waals surface area contributed by atoms with Crippen molar-refractivity contribution >= 4 is 23.9 Å². The van der Waals surface area contributed by atoms with Gasteiger partial charge >= 0.3 is 23.9 Å². The summed E-state index contributed by atoms with van der Waals surface area (Å²) in [6.07, 6.45) is -2.25. The number of carbonyl (C=O) groups excluding carboxylic acids is 2. The van der Waals surface area contributed by atoms with Crippen LogP contribution in [0.2, 0.25) is 0 Å². The van der Waals surface area contributed by atoms with Crippen LogP contribution in [0.4, 0.5) is 0 Å². The standard InChI is InChI=1S/C35H48O12/c1-8-20(2)18-21(3)14-15-27(37)45-30-29(38)33(46-24(6)34(43,31(39)40)35(30,47-33)32(41)42)17-16-22(4)28(44-25(7)36)23(5)19-26-12-10-9-11-13-26/h9-15,20-21,23-24,28-30,38,43H,4,8,16-19H2,1-3,5-7H3,(H,39,40)(H,41,42)/b15-14+/t20-,21+,23+,24+,28+,29+,30+,33-,34+,35-/m0/s1. The van der Waals surface area contributed by atoms with Crippen LogP contribution in [0.25, 0.3) is 0 Å². The van der Waals surface area contributed by atoms with Crippen LogP contribution < -0.4 is 0 Å². The van der Waals surface area contributed by atoms with Crippen LogP contribution in [0.5, 0.6) is 0 Å². The molecule has 2 fully saturated rings. The fourth-order valence-corrected chi connectivity index (χ4v) is 6.62. The van der Waals surface area contributed by atoms with Crippen LogP contribution in [-0.4, -0.2) is 85.7 Å². The number of carbonyl (C=O) groups is 4. The lowest BCUT2D eigenvalue weighted by atomic mass is 9.75. The Morgan fingerprint density at radius 2 is 1.72 bits per heavy atom. The molecule has 0 spiro atoms. The second kappa shape index (κ2) is 15.1.